The second-order valence-corrected chi connectivity index (χ2v) is 6.50. The highest BCUT2D eigenvalue weighted by atomic mass is 16.5. The maximum absolute atomic E-state index is 5.37. The van der Waals surface area contributed by atoms with Gasteiger partial charge in [-0.1, -0.05) is 12.8 Å². The van der Waals surface area contributed by atoms with Gasteiger partial charge in [-0.2, -0.15) is 0 Å². The van der Waals surface area contributed by atoms with Gasteiger partial charge in [0.25, 0.3) is 0 Å². The van der Waals surface area contributed by atoms with Crippen LogP contribution in [0.15, 0.2) is 18.2 Å². The first-order valence-electron chi connectivity index (χ1n) is 8.53. The highest BCUT2D eigenvalue weighted by Crippen LogP contribution is 2.35. The van der Waals surface area contributed by atoms with Gasteiger partial charge in [0.15, 0.2) is 0 Å². The van der Waals surface area contributed by atoms with Crippen molar-refractivity contribution in [2.24, 2.45) is 5.92 Å². The van der Waals surface area contributed by atoms with E-state index in [0.717, 1.165) is 23.1 Å². The van der Waals surface area contributed by atoms with Gasteiger partial charge in [-0.15, -0.1) is 0 Å². The Labute approximate surface area is 133 Å². The van der Waals surface area contributed by atoms with Crippen LogP contribution in [0.5, 0.6) is 11.5 Å². The number of nitrogens with one attached hydrogen (secondary N) is 2. The lowest BCUT2D eigenvalue weighted by Gasteiger charge is -2.33. The largest absolute Gasteiger partial charge is 0.497 e. The van der Waals surface area contributed by atoms with Gasteiger partial charge in [-0.05, 0) is 38.1 Å². The molecule has 1 aromatic carbocycles. The quantitative estimate of drug-likeness (QED) is 0.874. The van der Waals surface area contributed by atoms with E-state index in [1.165, 1.54) is 45.1 Å². The highest BCUT2D eigenvalue weighted by molar-refractivity contribution is 5.54. The molecule has 1 heterocycles. The number of rotatable bonds is 5. The molecule has 0 amide bonds. The van der Waals surface area contributed by atoms with Gasteiger partial charge in [-0.25, -0.2) is 0 Å². The lowest BCUT2D eigenvalue weighted by atomic mass is 9.88. The van der Waals surface area contributed by atoms with Crippen molar-refractivity contribution in [1.29, 1.82) is 0 Å². The number of hydrogen-bond donors (Lipinski definition) is 2. The van der Waals surface area contributed by atoms with Crippen LogP contribution in [0.4, 0.5) is 5.69 Å². The van der Waals surface area contributed by atoms with E-state index in [1.54, 1.807) is 14.2 Å². The SMILES string of the molecule is COc1cc(NC2CCCC2C2CCCCN2)cc(OC)c1. The van der Waals surface area contributed by atoms with Crippen LogP contribution in [-0.4, -0.2) is 32.8 Å². The van der Waals surface area contributed by atoms with E-state index >= 15 is 0 Å². The van der Waals surface area contributed by atoms with Crippen LogP contribution in [-0.2, 0) is 0 Å². The molecule has 1 saturated heterocycles. The van der Waals surface area contributed by atoms with Gasteiger partial charge >= 0.3 is 0 Å². The smallest absolute Gasteiger partial charge is 0.124 e. The Kier molecular flexibility index (Phi) is 5.08. The van der Waals surface area contributed by atoms with E-state index in [9.17, 15) is 0 Å². The summed E-state index contributed by atoms with van der Waals surface area (Å²) in [6.45, 7) is 1.18. The average molecular weight is 304 g/mol. The summed E-state index contributed by atoms with van der Waals surface area (Å²) in [7, 11) is 3.39. The molecule has 2 aliphatic rings. The van der Waals surface area contributed by atoms with E-state index < -0.39 is 0 Å². The van der Waals surface area contributed by atoms with E-state index in [1.807, 2.05) is 6.07 Å². The van der Waals surface area contributed by atoms with Gasteiger partial charge in [0.05, 0.1) is 14.2 Å². The Bertz CT molecular complexity index is 464. The third-order valence-corrected chi connectivity index (χ3v) is 5.14. The van der Waals surface area contributed by atoms with Crippen molar-refractivity contribution in [1.82, 2.24) is 5.32 Å². The number of piperidine rings is 1. The van der Waals surface area contributed by atoms with Crippen LogP contribution >= 0.6 is 0 Å². The molecular formula is C18H28N2O2. The third-order valence-electron chi connectivity index (χ3n) is 5.14. The second-order valence-electron chi connectivity index (χ2n) is 6.50. The van der Waals surface area contributed by atoms with Crippen molar-refractivity contribution in [3.63, 3.8) is 0 Å². The van der Waals surface area contributed by atoms with Crippen molar-refractivity contribution in [2.75, 3.05) is 26.1 Å². The van der Waals surface area contributed by atoms with E-state index in [-0.39, 0.29) is 0 Å². The van der Waals surface area contributed by atoms with Crippen LogP contribution in [0.2, 0.25) is 0 Å². The summed E-state index contributed by atoms with van der Waals surface area (Å²) in [5, 5.41) is 7.47. The Balaban J connectivity index is 1.71. The Morgan fingerprint density at radius 2 is 1.73 bits per heavy atom. The van der Waals surface area contributed by atoms with Gasteiger partial charge < -0.3 is 20.1 Å². The van der Waals surface area contributed by atoms with E-state index in [2.05, 4.69) is 22.8 Å². The standard InChI is InChI=1S/C18H28N2O2/c1-21-14-10-13(11-15(12-14)22-2)20-18-8-5-6-16(18)17-7-3-4-9-19-17/h10-12,16-20H,3-9H2,1-2H3. The number of anilines is 1. The summed E-state index contributed by atoms with van der Waals surface area (Å²) in [6, 6.07) is 7.27. The van der Waals surface area contributed by atoms with Crippen molar-refractivity contribution >= 4 is 5.69 Å². The summed E-state index contributed by atoms with van der Waals surface area (Å²) in [5.41, 5.74) is 1.10. The molecule has 1 aliphatic heterocycles. The fourth-order valence-corrected chi connectivity index (χ4v) is 4.00. The number of methoxy groups -OCH3 is 2. The molecule has 2 fully saturated rings. The summed E-state index contributed by atoms with van der Waals surface area (Å²) in [5.74, 6) is 2.41. The molecule has 22 heavy (non-hydrogen) atoms. The monoisotopic (exact) mass is 304 g/mol. The predicted molar refractivity (Wildman–Crippen MR) is 89.9 cm³/mol. The number of ether oxygens (including phenoxy) is 2. The molecule has 1 saturated carbocycles. The highest BCUT2D eigenvalue weighted by Gasteiger charge is 2.34. The van der Waals surface area contributed by atoms with Crippen molar-refractivity contribution in [3.05, 3.63) is 18.2 Å². The molecule has 122 valence electrons. The van der Waals surface area contributed by atoms with Gasteiger partial charge in [0.1, 0.15) is 11.5 Å². The minimum Gasteiger partial charge on any atom is -0.497 e. The van der Waals surface area contributed by atoms with Crippen molar-refractivity contribution in [3.8, 4) is 11.5 Å². The summed E-state index contributed by atoms with van der Waals surface area (Å²) in [6.07, 6.45) is 7.92. The van der Waals surface area contributed by atoms with Crippen molar-refractivity contribution in [2.45, 2.75) is 50.6 Å². The number of hydrogen-bond acceptors (Lipinski definition) is 4. The zero-order valence-corrected chi connectivity index (χ0v) is 13.7. The maximum atomic E-state index is 5.37. The van der Waals surface area contributed by atoms with Crippen molar-refractivity contribution < 1.29 is 9.47 Å². The molecule has 4 heteroatoms. The zero-order valence-electron chi connectivity index (χ0n) is 13.7. The molecule has 3 unspecified atom stereocenters. The zero-order chi connectivity index (χ0) is 15.4. The minimum absolute atomic E-state index is 0.549. The minimum atomic E-state index is 0.549. The molecule has 2 N–H and O–H groups in total. The Morgan fingerprint density at radius 3 is 2.36 bits per heavy atom. The maximum Gasteiger partial charge on any atom is 0.124 e. The molecule has 0 spiro atoms. The van der Waals surface area contributed by atoms with E-state index in [0.29, 0.717) is 12.1 Å². The summed E-state index contributed by atoms with van der Waals surface area (Å²) in [4.78, 5) is 0. The summed E-state index contributed by atoms with van der Waals surface area (Å²) >= 11 is 0. The lowest BCUT2D eigenvalue weighted by Crippen LogP contribution is -2.44. The first-order valence-corrected chi connectivity index (χ1v) is 8.53. The fraction of sp³-hybridized carbons (Fsp3) is 0.667. The van der Waals surface area contributed by atoms with Gasteiger partial charge in [0.2, 0.25) is 0 Å². The Morgan fingerprint density at radius 1 is 0.955 bits per heavy atom. The first-order chi connectivity index (χ1) is 10.8. The normalized spacial score (nSPS) is 28.4. The third kappa shape index (κ3) is 3.49. The van der Waals surface area contributed by atoms with E-state index in [4.69, 9.17) is 9.47 Å². The topological polar surface area (TPSA) is 42.5 Å². The van der Waals surface area contributed by atoms with Crippen LogP contribution in [0, 0.1) is 5.92 Å². The molecule has 4 nitrogen and oxygen atoms in total. The van der Waals surface area contributed by atoms with Crippen LogP contribution in [0.1, 0.15) is 38.5 Å². The molecular weight excluding hydrogens is 276 g/mol. The molecule has 0 aromatic heterocycles. The summed E-state index contributed by atoms with van der Waals surface area (Å²) < 4.78 is 10.7. The molecule has 1 aromatic rings. The fourth-order valence-electron chi connectivity index (χ4n) is 4.00. The van der Waals surface area contributed by atoms with Crippen LogP contribution in [0.25, 0.3) is 0 Å². The molecule has 3 atom stereocenters. The first kappa shape index (κ1) is 15.5. The lowest BCUT2D eigenvalue weighted by molar-refractivity contribution is 0.286. The van der Waals surface area contributed by atoms with Crippen LogP contribution < -0.4 is 20.1 Å². The predicted octanol–water partition coefficient (Wildman–Crippen LogP) is 3.43. The second kappa shape index (κ2) is 7.23. The molecule has 0 radical (unpaired) electrons. The van der Waals surface area contributed by atoms with Crippen LogP contribution in [0.3, 0.4) is 0 Å². The number of benzene rings is 1. The molecule has 1 aliphatic carbocycles. The van der Waals surface area contributed by atoms with Gasteiger partial charge in [-0.3, -0.25) is 0 Å². The molecule has 0 bridgehead atoms. The van der Waals surface area contributed by atoms with Gasteiger partial charge in [0, 0.05) is 36.0 Å². The Hall–Kier alpha value is -1.42. The average Bonchev–Trinajstić information content (AvgIpc) is 3.03. The molecule has 3 rings (SSSR count).